The van der Waals surface area contributed by atoms with E-state index in [0.29, 0.717) is 18.2 Å². The van der Waals surface area contributed by atoms with E-state index in [4.69, 9.17) is 5.73 Å². The Morgan fingerprint density at radius 3 is 2.53 bits per heavy atom. The van der Waals surface area contributed by atoms with Gasteiger partial charge in [-0.1, -0.05) is 26.0 Å². The van der Waals surface area contributed by atoms with E-state index in [1.54, 1.807) is 6.07 Å². The molecule has 1 aromatic rings. The summed E-state index contributed by atoms with van der Waals surface area (Å²) in [5.41, 5.74) is 7.62. The Balaban J connectivity index is 0.00000196. The number of nitrogens with two attached hydrogens (primary N) is 1. The lowest BCUT2D eigenvalue weighted by molar-refractivity contribution is 0.468. The monoisotopic (exact) mass is 229 g/mol. The molecule has 0 aliphatic carbocycles. The summed E-state index contributed by atoms with van der Waals surface area (Å²) in [5, 5.41) is 9.43. The summed E-state index contributed by atoms with van der Waals surface area (Å²) in [4.78, 5) is 0. The predicted molar refractivity (Wildman–Crippen MR) is 66.4 cm³/mol. The number of rotatable bonds is 4. The van der Waals surface area contributed by atoms with E-state index < -0.39 is 0 Å². The van der Waals surface area contributed by atoms with Gasteiger partial charge in [-0.2, -0.15) is 0 Å². The van der Waals surface area contributed by atoms with Crippen molar-refractivity contribution in [2.24, 2.45) is 11.7 Å². The Morgan fingerprint density at radius 1 is 1.33 bits per heavy atom. The third kappa shape index (κ3) is 4.54. The van der Waals surface area contributed by atoms with Crippen LogP contribution in [0.5, 0.6) is 5.75 Å². The molecule has 0 heterocycles. The zero-order valence-corrected chi connectivity index (χ0v) is 10.2. The number of hydrogen-bond acceptors (Lipinski definition) is 2. The van der Waals surface area contributed by atoms with Crippen LogP contribution in [0, 0.1) is 5.92 Å². The largest absolute Gasteiger partial charge is 0.508 e. The summed E-state index contributed by atoms with van der Waals surface area (Å²) >= 11 is 0. The van der Waals surface area contributed by atoms with Crippen molar-refractivity contribution >= 4 is 12.4 Å². The smallest absolute Gasteiger partial charge is 0.120 e. The van der Waals surface area contributed by atoms with Crippen LogP contribution >= 0.6 is 12.4 Å². The predicted octanol–water partition coefficient (Wildman–Crippen LogP) is 2.86. The summed E-state index contributed by atoms with van der Waals surface area (Å²) in [6.45, 7) is 4.83. The van der Waals surface area contributed by atoms with Gasteiger partial charge in [-0.3, -0.25) is 0 Å². The first-order chi connectivity index (χ1) is 6.63. The summed E-state index contributed by atoms with van der Waals surface area (Å²) in [7, 11) is 0. The molecule has 0 aliphatic rings. The lowest BCUT2D eigenvalue weighted by atomic mass is 10.0. The number of halogens is 1. The second-order valence-electron chi connectivity index (χ2n) is 4.10. The van der Waals surface area contributed by atoms with Crippen molar-refractivity contribution in [3.8, 4) is 5.75 Å². The lowest BCUT2D eigenvalue weighted by Crippen LogP contribution is -1.99. The Morgan fingerprint density at radius 2 is 2.00 bits per heavy atom. The van der Waals surface area contributed by atoms with Crippen molar-refractivity contribution < 1.29 is 5.11 Å². The number of aryl methyl sites for hydroxylation is 1. The summed E-state index contributed by atoms with van der Waals surface area (Å²) in [5.74, 6) is 1.02. The molecule has 2 nitrogen and oxygen atoms in total. The standard InChI is InChI=1S/C12H19NO.ClH/c1-9(2)3-4-10-5-6-12(14)11(7-10)8-13;/h5-7,9,14H,3-4,8,13H2,1-2H3;1H. The zero-order valence-electron chi connectivity index (χ0n) is 9.36. The Labute approximate surface area is 97.9 Å². The van der Waals surface area contributed by atoms with E-state index in [2.05, 4.69) is 13.8 Å². The second kappa shape index (κ2) is 6.70. The number of hydrogen-bond donors (Lipinski definition) is 2. The van der Waals surface area contributed by atoms with Gasteiger partial charge in [0.25, 0.3) is 0 Å². The molecule has 0 aliphatic heterocycles. The van der Waals surface area contributed by atoms with Crippen molar-refractivity contribution in [1.29, 1.82) is 0 Å². The van der Waals surface area contributed by atoms with Crippen LogP contribution in [0.1, 0.15) is 31.4 Å². The molecule has 1 aromatic carbocycles. The number of aromatic hydroxyl groups is 1. The summed E-state index contributed by atoms with van der Waals surface area (Å²) in [6, 6.07) is 5.70. The van der Waals surface area contributed by atoms with Crippen molar-refractivity contribution in [1.82, 2.24) is 0 Å². The highest BCUT2D eigenvalue weighted by molar-refractivity contribution is 5.85. The molecule has 86 valence electrons. The Bertz CT molecular complexity index is 300. The minimum Gasteiger partial charge on any atom is -0.508 e. The maximum absolute atomic E-state index is 9.43. The van der Waals surface area contributed by atoms with Gasteiger partial charge in [-0.15, -0.1) is 12.4 Å². The van der Waals surface area contributed by atoms with Crippen molar-refractivity contribution in [2.45, 2.75) is 33.2 Å². The van der Waals surface area contributed by atoms with Crippen molar-refractivity contribution in [3.05, 3.63) is 29.3 Å². The molecule has 0 aromatic heterocycles. The van der Waals surface area contributed by atoms with Crippen LogP contribution in [0.4, 0.5) is 0 Å². The molecule has 0 amide bonds. The number of phenolic OH excluding ortho intramolecular Hbond substituents is 1. The van der Waals surface area contributed by atoms with Crippen molar-refractivity contribution in [2.75, 3.05) is 0 Å². The van der Waals surface area contributed by atoms with E-state index >= 15 is 0 Å². The molecule has 0 radical (unpaired) electrons. The molecular weight excluding hydrogens is 210 g/mol. The maximum atomic E-state index is 9.43. The average Bonchev–Trinajstić information content (AvgIpc) is 2.16. The van der Waals surface area contributed by atoms with Crippen LogP contribution in [0.25, 0.3) is 0 Å². The fourth-order valence-electron chi connectivity index (χ4n) is 1.41. The number of benzene rings is 1. The van der Waals surface area contributed by atoms with E-state index in [1.807, 2.05) is 12.1 Å². The highest BCUT2D eigenvalue weighted by Gasteiger charge is 2.02. The van der Waals surface area contributed by atoms with E-state index in [0.717, 1.165) is 12.0 Å². The molecule has 0 spiro atoms. The van der Waals surface area contributed by atoms with Crippen LogP contribution < -0.4 is 5.73 Å². The van der Waals surface area contributed by atoms with Gasteiger partial charge in [-0.25, -0.2) is 0 Å². The van der Waals surface area contributed by atoms with Crippen LogP contribution in [-0.2, 0) is 13.0 Å². The van der Waals surface area contributed by atoms with Gasteiger partial charge in [0.15, 0.2) is 0 Å². The first-order valence-corrected chi connectivity index (χ1v) is 5.14. The van der Waals surface area contributed by atoms with Gasteiger partial charge in [-0.05, 0) is 30.4 Å². The van der Waals surface area contributed by atoms with Gasteiger partial charge < -0.3 is 10.8 Å². The van der Waals surface area contributed by atoms with Crippen LogP contribution in [0.3, 0.4) is 0 Å². The molecule has 0 fully saturated rings. The minimum atomic E-state index is 0. The van der Waals surface area contributed by atoms with Crippen molar-refractivity contribution in [3.63, 3.8) is 0 Å². The maximum Gasteiger partial charge on any atom is 0.120 e. The molecule has 0 saturated carbocycles. The minimum absolute atomic E-state index is 0. The normalized spacial score (nSPS) is 10.1. The molecule has 1 rings (SSSR count). The van der Waals surface area contributed by atoms with Crippen LogP contribution in [0.2, 0.25) is 0 Å². The van der Waals surface area contributed by atoms with Crippen LogP contribution in [-0.4, -0.2) is 5.11 Å². The highest BCUT2D eigenvalue weighted by atomic mass is 35.5. The molecule has 0 bridgehead atoms. The zero-order chi connectivity index (χ0) is 10.6. The van der Waals surface area contributed by atoms with Gasteiger partial charge in [0.2, 0.25) is 0 Å². The molecule has 0 saturated heterocycles. The van der Waals surface area contributed by atoms with E-state index in [9.17, 15) is 5.11 Å². The third-order valence-electron chi connectivity index (χ3n) is 2.37. The Hall–Kier alpha value is -0.730. The van der Waals surface area contributed by atoms with Gasteiger partial charge in [0.05, 0.1) is 0 Å². The lowest BCUT2D eigenvalue weighted by Gasteiger charge is -2.07. The molecule has 0 unspecified atom stereocenters. The number of phenols is 1. The molecule has 15 heavy (non-hydrogen) atoms. The SMILES string of the molecule is CC(C)CCc1ccc(O)c(CN)c1.Cl. The first-order valence-electron chi connectivity index (χ1n) is 5.14. The highest BCUT2D eigenvalue weighted by Crippen LogP contribution is 2.19. The average molecular weight is 230 g/mol. The quantitative estimate of drug-likeness (QED) is 0.834. The summed E-state index contributed by atoms with van der Waals surface area (Å²) in [6.07, 6.45) is 2.24. The second-order valence-corrected chi connectivity index (χ2v) is 4.10. The fraction of sp³-hybridized carbons (Fsp3) is 0.500. The molecule has 0 atom stereocenters. The molecule has 3 N–H and O–H groups in total. The fourth-order valence-corrected chi connectivity index (χ4v) is 1.41. The first kappa shape index (κ1) is 14.3. The van der Waals surface area contributed by atoms with E-state index in [-0.39, 0.29) is 12.4 Å². The van der Waals surface area contributed by atoms with Gasteiger partial charge >= 0.3 is 0 Å². The van der Waals surface area contributed by atoms with Crippen LogP contribution in [0.15, 0.2) is 18.2 Å². The van der Waals surface area contributed by atoms with Gasteiger partial charge in [0.1, 0.15) is 5.75 Å². The Kier molecular flexibility index (Phi) is 6.37. The van der Waals surface area contributed by atoms with Gasteiger partial charge in [0, 0.05) is 12.1 Å². The molecule has 3 heteroatoms. The van der Waals surface area contributed by atoms with E-state index in [1.165, 1.54) is 12.0 Å². The topological polar surface area (TPSA) is 46.2 Å². The third-order valence-corrected chi connectivity index (χ3v) is 2.37. The summed E-state index contributed by atoms with van der Waals surface area (Å²) < 4.78 is 0. The molecular formula is C12H20ClNO.